The van der Waals surface area contributed by atoms with E-state index in [1.165, 1.54) is 103 Å². The molecule has 0 bridgehead atoms. The van der Waals surface area contributed by atoms with Crippen LogP contribution in [0.3, 0.4) is 0 Å². The summed E-state index contributed by atoms with van der Waals surface area (Å²) in [7, 11) is 0. The third-order valence-corrected chi connectivity index (χ3v) is 6.26. The van der Waals surface area contributed by atoms with Gasteiger partial charge in [0.25, 0.3) is 0 Å². The summed E-state index contributed by atoms with van der Waals surface area (Å²) in [5.74, 6) is -0.0818. The van der Waals surface area contributed by atoms with E-state index in [1.54, 1.807) is 0 Å². The van der Waals surface area contributed by atoms with Gasteiger partial charge in [0.05, 0.1) is 0 Å². The van der Waals surface area contributed by atoms with E-state index in [2.05, 4.69) is 20.8 Å². The lowest BCUT2D eigenvalue weighted by atomic mass is 9.79. The van der Waals surface area contributed by atoms with E-state index in [1.807, 2.05) is 0 Å². The zero-order valence-corrected chi connectivity index (χ0v) is 19.1. The summed E-state index contributed by atoms with van der Waals surface area (Å²) in [6, 6.07) is 0. The Balaban J connectivity index is 3.69. The Morgan fingerprint density at radius 2 is 0.815 bits per heavy atom. The van der Waals surface area contributed by atoms with Crippen molar-refractivity contribution in [3.63, 3.8) is 0 Å². The third kappa shape index (κ3) is 16.2. The zero-order valence-electron chi connectivity index (χ0n) is 19.1. The second-order valence-corrected chi connectivity index (χ2v) is 9.08. The average Bonchev–Trinajstić information content (AvgIpc) is 2.65. The number of hydrogen-bond donors (Lipinski definition) is 1. The Hall–Kier alpha value is -0.530. The van der Waals surface area contributed by atoms with E-state index in [0.29, 0.717) is 0 Å². The summed E-state index contributed by atoms with van der Waals surface area (Å²) in [5, 5.41) is 0. The van der Waals surface area contributed by atoms with Crippen LogP contribution in [-0.4, -0.2) is 5.91 Å². The topological polar surface area (TPSA) is 43.1 Å². The van der Waals surface area contributed by atoms with Gasteiger partial charge >= 0.3 is 0 Å². The van der Waals surface area contributed by atoms with Crippen molar-refractivity contribution in [2.75, 3.05) is 0 Å². The van der Waals surface area contributed by atoms with Crippen LogP contribution in [0.1, 0.15) is 149 Å². The van der Waals surface area contributed by atoms with E-state index in [-0.39, 0.29) is 11.3 Å². The van der Waals surface area contributed by atoms with Crippen molar-refractivity contribution >= 4 is 5.91 Å². The van der Waals surface area contributed by atoms with E-state index in [4.69, 9.17) is 5.73 Å². The van der Waals surface area contributed by atoms with Gasteiger partial charge in [-0.3, -0.25) is 4.79 Å². The lowest BCUT2D eigenvalue weighted by Crippen LogP contribution is -2.34. The quantitative estimate of drug-likeness (QED) is 0.199. The molecule has 0 radical (unpaired) electrons. The maximum atomic E-state index is 12.0. The monoisotopic (exact) mass is 381 g/mol. The molecule has 0 rings (SSSR count). The van der Waals surface area contributed by atoms with E-state index < -0.39 is 0 Å². The predicted molar refractivity (Wildman–Crippen MR) is 121 cm³/mol. The first-order valence-electron chi connectivity index (χ1n) is 12.4. The van der Waals surface area contributed by atoms with Gasteiger partial charge in [0.2, 0.25) is 5.91 Å². The summed E-state index contributed by atoms with van der Waals surface area (Å²) in [6.07, 6.45) is 25.9. The van der Waals surface area contributed by atoms with Gasteiger partial charge in [0.1, 0.15) is 0 Å². The number of hydrogen-bond acceptors (Lipinski definition) is 1. The van der Waals surface area contributed by atoms with Crippen LogP contribution < -0.4 is 5.73 Å². The van der Waals surface area contributed by atoms with Crippen LogP contribution in [-0.2, 0) is 4.79 Å². The van der Waals surface area contributed by atoms with Gasteiger partial charge in [-0.15, -0.1) is 0 Å². The van der Waals surface area contributed by atoms with Crippen LogP contribution in [0.5, 0.6) is 0 Å². The standard InChI is InChI=1S/C25H51NO/c1-4-6-8-10-12-14-16-18-20-22-25(3,24(26)27)23-21-19-17-15-13-11-9-7-5-2/h4-23H2,1-3H3,(H2,26,27). The Bertz CT molecular complexity index is 304. The van der Waals surface area contributed by atoms with Crippen molar-refractivity contribution in [2.24, 2.45) is 11.1 Å². The number of carbonyl (C=O) groups is 1. The Morgan fingerprint density at radius 3 is 1.07 bits per heavy atom. The fourth-order valence-electron chi connectivity index (χ4n) is 4.02. The van der Waals surface area contributed by atoms with Crippen molar-refractivity contribution in [1.82, 2.24) is 0 Å². The van der Waals surface area contributed by atoms with Crippen LogP contribution in [0.2, 0.25) is 0 Å². The van der Waals surface area contributed by atoms with Crippen LogP contribution in [0.25, 0.3) is 0 Å². The lowest BCUT2D eigenvalue weighted by molar-refractivity contribution is -0.127. The maximum absolute atomic E-state index is 12.0. The Kier molecular flexibility index (Phi) is 18.4. The lowest BCUT2D eigenvalue weighted by Gasteiger charge is -2.26. The van der Waals surface area contributed by atoms with Gasteiger partial charge in [-0.05, 0) is 12.8 Å². The molecule has 2 N–H and O–H groups in total. The fourth-order valence-corrected chi connectivity index (χ4v) is 4.02. The molecule has 27 heavy (non-hydrogen) atoms. The summed E-state index contributed by atoms with van der Waals surface area (Å²) in [6.45, 7) is 6.64. The van der Waals surface area contributed by atoms with Crippen molar-refractivity contribution in [2.45, 2.75) is 149 Å². The second-order valence-electron chi connectivity index (χ2n) is 9.08. The van der Waals surface area contributed by atoms with Crippen LogP contribution in [0.4, 0.5) is 0 Å². The smallest absolute Gasteiger partial charge is 0.223 e. The molecule has 0 aromatic heterocycles. The first-order chi connectivity index (χ1) is 13.1. The third-order valence-electron chi connectivity index (χ3n) is 6.26. The molecule has 162 valence electrons. The number of unbranched alkanes of at least 4 members (excludes halogenated alkanes) is 16. The summed E-state index contributed by atoms with van der Waals surface area (Å²) >= 11 is 0. The molecule has 0 saturated carbocycles. The minimum absolute atomic E-state index is 0.0818. The second kappa shape index (κ2) is 18.8. The Morgan fingerprint density at radius 1 is 0.556 bits per heavy atom. The average molecular weight is 382 g/mol. The van der Waals surface area contributed by atoms with Gasteiger partial charge in [0, 0.05) is 5.41 Å². The molecule has 0 unspecified atom stereocenters. The molecule has 0 aromatic carbocycles. The van der Waals surface area contributed by atoms with Crippen molar-refractivity contribution in [1.29, 1.82) is 0 Å². The fraction of sp³-hybridized carbons (Fsp3) is 0.960. The highest BCUT2D eigenvalue weighted by atomic mass is 16.1. The molecule has 0 saturated heterocycles. The molecule has 0 heterocycles. The molecule has 0 fully saturated rings. The molecule has 0 aliphatic heterocycles. The van der Waals surface area contributed by atoms with Gasteiger partial charge < -0.3 is 5.73 Å². The SMILES string of the molecule is CCCCCCCCCCCC(C)(CCCCCCCCCCC)C(N)=O. The van der Waals surface area contributed by atoms with Crippen LogP contribution in [0.15, 0.2) is 0 Å². The normalized spacial score (nSPS) is 11.8. The van der Waals surface area contributed by atoms with Gasteiger partial charge in [-0.2, -0.15) is 0 Å². The maximum Gasteiger partial charge on any atom is 0.223 e. The van der Waals surface area contributed by atoms with Gasteiger partial charge in [0.15, 0.2) is 0 Å². The molecular formula is C25H51NO. The molecule has 0 aliphatic rings. The molecule has 2 nitrogen and oxygen atoms in total. The molecular weight excluding hydrogens is 330 g/mol. The summed E-state index contributed by atoms with van der Waals surface area (Å²) < 4.78 is 0. The molecule has 0 spiro atoms. The first kappa shape index (κ1) is 26.5. The Labute approximate surface area is 171 Å². The van der Waals surface area contributed by atoms with E-state index >= 15 is 0 Å². The van der Waals surface area contributed by atoms with Crippen molar-refractivity contribution in [3.05, 3.63) is 0 Å². The highest BCUT2D eigenvalue weighted by molar-refractivity contribution is 5.80. The van der Waals surface area contributed by atoms with E-state index in [0.717, 1.165) is 25.7 Å². The van der Waals surface area contributed by atoms with Crippen molar-refractivity contribution in [3.8, 4) is 0 Å². The number of nitrogens with two attached hydrogens (primary N) is 1. The van der Waals surface area contributed by atoms with Crippen LogP contribution >= 0.6 is 0 Å². The van der Waals surface area contributed by atoms with Crippen molar-refractivity contribution < 1.29 is 4.79 Å². The summed E-state index contributed by atoms with van der Waals surface area (Å²) in [4.78, 5) is 12.0. The van der Waals surface area contributed by atoms with E-state index in [9.17, 15) is 4.79 Å². The molecule has 2 heteroatoms. The number of carbonyl (C=O) groups excluding carboxylic acids is 1. The van der Waals surface area contributed by atoms with Gasteiger partial charge in [-0.1, -0.05) is 136 Å². The highest BCUT2D eigenvalue weighted by Gasteiger charge is 2.29. The predicted octanol–water partition coefficient (Wildman–Crippen LogP) is 8.32. The van der Waals surface area contributed by atoms with Crippen LogP contribution in [0, 0.1) is 5.41 Å². The largest absolute Gasteiger partial charge is 0.369 e. The molecule has 0 aromatic rings. The highest BCUT2D eigenvalue weighted by Crippen LogP contribution is 2.31. The summed E-state index contributed by atoms with van der Waals surface area (Å²) in [5.41, 5.74) is 5.47. The minimum Gasteiger partial charge on any atom is -0.369 e. The number of primary amides is 1. The number of rotatable bonds is 21. The number of amides is 1. The first-order valence-corrected chi connectivity index (χ1v) is 12.4. The molecule has 0 aliphatic carbocycles. The van der Waals surface area contributed by atoms with Gasteiger partial charge in [-0.25, -0.2) is 0 Å². The minimum atomic E-state index is -0.276. The molecule has 1 amide bonds. The zero-order chi connectivity index (χ0) is 20.2. The molecule has 0 atom stereocenters.